The van der Waals surface area contributed by atoms with Crippen LogP contribution in [0.25, 0.3) is 0 Å². The summed E-state index contributed by atoms with van der Waals surface area (Å²) in [5.74, 6) is 0. The van der Waals surface area contributed by atoms with Gasteiger partial charge in [-0.25, -0.2) is 8.42 Å². The second-order valence-electron chi connectivity index (χ2n) is 0.900. The Morgan fingerprint density at radius 3 is 1.33 bits per heavy atom. The van der Waals surface area contributed by atoms with Crippen LogP contribution in [0.3, 0.4) is 0 Å². The van der Waals surface area contributed by atoms with Crippen LogP contribution in [0.1, 0.15) is 0 Å². The van der Waals surface area contributed by atoms with Crippen molar-refractivity contribution >= 4 is 10.1 Å². The van der Waals surface area contributed by atoms with Crippen molar-refractivity contribution in [1.29, 1.82) is 0 Å². The van der Waals surface area contributed by atoms with Gasteiger partial charge in [0.1, 0.15) is 0 Å². The van der Waals surface area contributed by atoms with Gasteiger partial charge in [-0.1, -0.05) is 0 Å². The van der Waals surface area contributed by atoms with Gasteiger partial charge in [-0.2, -0.15) is 13.2 Å². The molecule has 0 saturated carbocycles. The van der Waals surface area contributed by atoms with E-state index in [1.54, 1.807) is 0 Å². The van der Waals surface area contributed by atoms with Crippen molar-refractivity contribution in [2.24, 2.45) is 0 Å². The second-order valence-corrected chi connectivity index (χ2v) is 2.27. The Morgan fingerprint density at radius 1 is 1.22 bits per heavy atom. The van der Waals surface area contributed by atoms with E-state index in [1.807, 2.05) is 0 Å². The molecule has 0 aliphatic heterocycles. The molecule has 0 atom stereocenters. The average molecular weight is 335 g/mol. The molecule has 0 bridgehead atoms. The van der Waals surface area contributed by atoms with Crippen LogP contribution in [-0.4, -0.2) is 18.5 Å². The molecule has 0 fully saturated rings. The molecule has 0 saturated heterocycles. The molecule has 0 unspecified atom stereocenters. The average Bonchev–Trinajstić information content (AvgIpc) is 1.25. The van der Waals surface area contributed by atoms with Gasteiger partial charge in [0.25, 0.3) is 0 Å². The quantitative estimate of drug-likeness (QED) is 0.464. The van der Waals surface area contributed by atoms with Gasteiger partial charge in [0.2, 0.25) is 0 Å². The van der Waals surface area contributed by atoms with Gasteiger partial charge in [-0.3, -0.25) is 0 Å². The standard InChI is InChI=1S/CHF3O3S.Re/c2-1(3,4)8(5,6)7;/h(H,5,6,7);/p-1. The zero-order chi connectivity index (χ0) is 7.00. The summed E-state index contributed by atoms with van der Waals surface area (Å²) in [4.78, 5) is 0. The van der Waals surface area contributed by atoms with Crippen molar-refractivity contribution in [3.63, 3.8) is 0 Å². The number of hydrogen-bond donors (Lipinski definition) is 0. The molecule has 0 amide bonds. The van der Waals surface area contributed by atoms with Crippen molar-refractivity contribution < 1.29 is 46.6 Å². The fraction of sp³-hybridized carbons (Fsp3) is 1.00. The van der Waals surface area contributed by atoms with Gasteiger partial charge >= 0.3 is 5.51 Å². The molecule has 8 heteroatoms. The summed E-state index contributed by atoms with van der Waals surface area (Å²) in [7, 11) is -6.09. The van der Waals surface area contributed by atoms with Crippen LogP contribution in [0.5, 0.6) is 0 Å². The minimum Gasteiger partial charge on any atom is -0.741 e. The normalized spacial score (nSPS) is 12.4. The smallest absolute Gasteiger partial charge is 0.485 e. The monoisotopic (exact) mass is 336 g/mol. The molecule has 0 aromatic heterocycles. The Hall–Kier alpha value is 0.362. The van der Waals surface area contributed by atoms with E-state index in [0.717, 1.165) is 0 Å². The van der Waals surface area contributed by atoms with Crippen molar-refractivity contribution in [3.05, 3.63) is 0 Å². The summed E-state index contributed by atoms with van der Waals surface area (Å²) >= 11 is 0. The minimum absolute atomic E-state index is 0. The van der Waals surface area contributed by atoms with Gasteiger partial charge in [-0.15, -0.1) is 0 Å². The maximum atomic E-state index is 10.7. The van der Waals surface area contributed by atoms with Crippen LogP contribution in [0.4, 0.5) is 13.2 Å². The van der Waals surface area contributed by atoms with Crippen LogP contribution in [0.2, 0.25) is 0 Å². The molecule has 0 aliphatic carbocycles. The molecule has 0 aromatic rings. The first kappa shape index (κ1) is 12.1. The first-order valence-corrected chi connectivity index (χ1v) is 2.68. The predicted molar refractivity (Wildman–Crippen MR) is 15.8 cm³/mol. The Morgan fingerprint density at radius 2 is 1.33 bits per heavy atom. The van der Waals surface area contributed by atoms with Gasteiger partial charge in [0.15, 0.2) is 10.1 Å². The van der Waals surface area contributed by atoms with Crippen molar-refractivity contribution in [2.75, 3.05) is 0 Å². The third-order valence-corrected chi connectivity index (χ3v) is 0.850. The van der Waals surface area contributed by atoms with E-state index < -0.39 is 15.6 Å². The van der Waals surface area contributed by atoms with E-state index in [2.05, 4.69) is 0 Å². The molecular formula is CF3O3ReS-. The van der Waals surface area contributed by atoms with Gasteiger partial charge < -0.3 is 4.55 Å². The number of rotatable bonds is 0. The van der Waals surface area contributed by atoms with Crippen molar-refractivity contribution in [3.8, 4) is 0 Å². The van der Waals surface area contributed by atoms with Crippen LogP contribution < -0.4 is 0 Å². The van der Waals surface area contributed by atoms with Crippen LogP contribution >= 0.6 is 0 Å². The maximum Gasteiger partial charge on any atom is 0.485 e. The molecule has 0 rings (SSSR count). The molecule has 0 spiro atoms. The largest absolute Gasteiger partial charge is 0.741 e. The van der Waals surface area contributed by atoms with Crippen LogP contribution in [0.15, 0.2) is 0 Å². The molecule has 57 valence electrons. The van der Waals surface area contributed by atoms with E-state index >= 15 is 0 Å². The number of halogens is 3. The van der Waals surface area contributed by atoms with E-state index in [4.69, 9.17) is 13.0 Å². The molecule has 0 heterocycles. The zero-order valence-electron chi connectivity index (χ0n) is 3.64. The van der Waals surface area contributed by atoms with Gasteiger partial charge in [-0.05, 0) is 0 Å². The summed E-state index contributed by atoms with van der Waals surface area (Å²) in [6.07, 6.45) is 0. The first-order chi connectivity index (χ1) is 3.25. The summed E-state index contributed by atoms with van der Waals surface area (Å²) in [5.41, 5.74) is -5.65. The molecule has 1 radical (unpaired) electrons. The third-order valence-electron chi connectivity index (χ3n) is 0.283. The number of alkyl halides is 3. The molecule has 9 heavy (non-hydrogen) atoms. The zero-order valence-corrected chi connectivity index (χ0v) is 7.18. The topological polar surface area (TPSA) is 57.2 Å². The van der Waals surface area contributed by atoms with E-state index in [0.29, 0.717) is 0 Å². The summed E-state index contributed by atoms with van der Waals surface area (Å²) < 4.78 is 58.9. The Bertz CT molecular complexity index is 168. The van der Waals surface area contributed by atoms with Crippen LogP contribution in [-0.2, 0) is 30.5 Å². The molecule has 3 nitrogen and oxygen atoms in total. The molecule has 0 aliphatic rings. The fourth-order valence-corrected chi connectivity index (χ4v) is 0. The molecular weight excluding hydrogens is 335 g/mol. The minimum atomic E-state index is -6.09. The Labute approximate surface area is 62.6 Å². The maximum absolute atomic E-state index is 10.7. The van der Waals surface area contributed by atoms with Gasteiger partial charge in [0, 0.05) is 20.4 Å². The predicted octanol–water partition coefficient (Wildman–Crippen LogP) is 0.0489. The van der Waals surface area contributed by atoms with E-state index in [9.17, 15) is 13.2 Å². The Balaban J connectivity index is 0. The Kier molecular flexibility index (Phi) is 3.98. The fourth-order valence-electron chi connectivity index (χ4n) is 0. The summed E-state index contributed by atoms with van der Waals surface area (Å²) in [5, 5.41) is 0. The van der Waals surface area contributed by atoms with Crippen molar-refractivity contribution in [1.82, 2.24) is 0 Å². The summed E-state index contributed by atoms with van der Waals surface area (Å²) in [6, 6.07) is 0. The van der Waals surface area contributed by atoms with E-state index in [-0.39, 0.29) is 20.4 Å². The molecule has 0 aromatic carbocycles. The van der Waals surface area contributed by atoms with Crippen LogP contribution in [0, 0.1) is 0 Å². The SMILES string of the molecule is O=S(=O)([O-])C(F)(F)F.[Re]. The summed E-state index contributed by atoms with van der Waals surface area (Å²) in [6.45, 7) is 0. The first-order valence-electron chi connectivity index (χ1n) is 1.27. The van der Waals surface area contributed by atoms with E-state index in [1.165, 1.54) is 0 Å². The van der Waals surface area contributed by atoms with Gasteiger partial charge in [0.05, 0.1) is 0 Å². The molecule has 0 N–H and O–H groups in total. The number of hydrogen-bond acceptors (Lipinski definition) is 3. The van der Waals surface area contributed by atoms with Crippen molar-refractivity contribution in [2.45, 2.75) is 5.51 Å². The second kappa shape index (κ2) is 2.97. The third kappa shape index (κ3) is 3.86.